The predicted molar refractivity (Wildman–Crippen MR) is 78.0 cm³/mol. The van der Waals surface area contributed by atoms with Gasteiger partial charge in [0.15, 0.2) is 0 Å². The maximum Gasteiger partial charge on any atom is 0.0328 e. The third kappa shape index (κ3) is 3.25. The first kappa shape index (κ1) is 14.3. The number of nitrogens with zero attached hydrogens (tertiary/aromatic N) is 2. The Morgan fingerprint density at radius 2 is 1.89 bits per heavy atom. The van der Waals surface area contributed by atoms with Gasteiger partial charge in [-0.05, 0) is 72.3 Å². The highest BCUT2D eigenvalue weighted by molar-refractivity contribution is 4.98. The number of rotatable bonds is 6. The van der Waals surface area contributed by atoms with Gasteiger partial charge in [0.2, 0.25) is 0 Å². The smallest absolute Gasteiger partial charge is 0.0328 e. The average Bonchev–Trinajstić information content (AvgIpc) is 2.30. The largest absolute Gasteiger partial charge is 0.312 e. The lowest BCUT2D eigenvalue weighted by atomic mass is 9.75. The number of hydrogen-bond acceptors (Lipinski definition) is 3. The average molecular weight is 253 g/mol. The summed E-state index contributed by atoms with van der Waals surface area (Å²) in [5.74, 6) is 0. The van der Waals surface area contributed by atoms with Gasteiger partial charge in [0.05, 0.1) is 0 Å². The Bertz CT molecular complexity index is 240. The molecule has 1 aliphatic heterocycles. The van der Waals surface area contributed by atoms with Gasteiger partial charge < -0.3 is 15.1 Å². The second-order valence-electron chi connectivity index (χ2n) is 6.47. The molecule has 0 amide bonds. The lowest BCUT2D eigenvalue weighted by Crippen LogP contribution is -2.58. The summed E-state index contributed by atoms with van der Waals surface area (Å²) < 4.78 is 0. The molecule has 0 spiro atoms. The summed E-state index contributed by atoms with van der Waals surface area (Å²) in [6, 6.07) is 0.760. The fourth-order valence-electron chi connectivity index (χ4n) is 3.38. The fraction of sp³-hybridized carbons (Fsp3) is 1.00. The molecule has 1 N–H and O–H groups in total. The molecule has 0 aromatic rings. The van der Waals surface area contributed by atoms with Crippen molar-refractivity contribution in [1.29, 1.82) is 0 Å². The van der Waals surface area contributed by atoms with E-state index in [4.69, 9.17) is 0 Å². The van der Waals surface area contributed by atoms with E-state index in [9.17, 15) is 0 Å². The molecule has 1 aliphatic carbocycles. The molecule has 3 heteroatoms. The Hall–Kier alpha value is -0.120. The summed E-state index contributed by atoms with van der Waals surface area (Å²) in [5.41, 5.74) is 0.473. The van der Waals surface area contributed by atoms with Gasteiger partial charge in [-0.1, -0.05) is 6.92 Å². The van der Waals surface area contributed by atoms with Crippen molar-refractivity contribution in [3.05, 3.63) is 0 Å². The van der Waals surface area contributed by atoms with E-state index >= 15 is 0 Å². The van der Waals surface area contributed by atoms with Gasteiger partial charge in [-0.2, -0.15) is 0 Å². The van der Waals surface area contributed by atoms with E-state index in [0.29, 0.717) is 5.54 Å². The number of likely N-dealkylation sites (N-methyl/N-ethyl adjacent to an activating group) is 1. The molecular weight excluding hydrogens is 222 g/mol. The van der Waals surface area contributed by atoms with Gasteiger partial charge >= 0.3 is 0 Å². The van der Waals surface area contributed by atoms with E-state index in [0.717, 1.165) is 6.04 Å². The third-order valence-electron chi connectivity index (χ3n) is 5.08. The van der Waals surface area contributed by atoms with Gasteiger partial charge in [0, 0.05) is 18.1 Å². The van der Waals surface area contributed by atoms with Crippen LogP contribution in [-0.4, -0.2) is 61.7 Å². The van der Waals surface area contributed by atoms with E-state index in [1.54, 1.807) is 0 Å². The summed E-state index contributed by atoms with van der Waals surface area (Å²) in [6.45, 7) is 7.34. The fourth-order valence-corrected chi connectivity index (χ4v) is 3.38. The molecule has 0 bridgehead atoms. The summed E-state index contributed by atoms with van der Waals surface area (Å²) in [5, 5.41) is 3.84. The van der Waals surface area contributed by atoms with Crippen LogP contribution >= 0.6 is 0 Å². The molecule has 106 valence electrons. The highest BCUT2D eigenvalue weighted by Gasteiger charge is 2.39. The molecule has 1 saturated heterocycles. The van der Waals surface area contributed by atoms with Crippen LogP contribution in [0.3, 0.4) is 0 Å². The second-order valence-corrected chi connectivity index (χ2v) is 6.47. The minimum atomic E-state index is 0.473. The molecule has 2 rings (SSSR count). The van der Waals surface area contributed by atoms with E-state index in [1.165, 1.54) is 64.7 Å². The molecule has 1 saturated carbocycles. The van der Waals surface area contributed by atoms with Crippen LogP contribution in [0.5, 0.6) is 0 Å². The normalized spacial score (nSPS) is 25.3. The van der Waals surface area contributed by atoms with E-state index in [2.05, 4.69) is 36.1 Å². The topological polar surface area (TPSA) is 18.5 Å². The van der Waals surface area contributed by atoms with Crippen LogP contribution in [-0.2, 0) is 0 Å². The first-order chi connectivity index (χ1) is 8.66. The number of hydrogen-bond donors (Lipinski definition) is 1. The molecule has 0 radical (unpaired) electrons. The minimum absolute atomic E-state index is 0.473. The first-order valence-corrected chi connectivity index (χ1v) is 7.79. The summed E-state index contributed by atoms with van der Waals surface area (Å²) in [7, 11) is 4.48. The first-order valence-electron chi connectivity index (χ1n) is 7.79. The van der Waals surface area contributed by atoms with Gasteiger partial charge in [-0.3, -0.25) is 0 Å². The molecule has 3 nitrogen and oxygen atoms in total. The zero-order valence-corrected chi connectivity index (χ0v) is 12.5. The highest BCUT2D eigenvalue weighted by atomic mass is 15.2. The van der Waals surface area contributed by atoms with E-state index in [1.807, 2.05) is 0 Å². The Kier molecular flexibility index (Phi) is 5.05. The van der Waals surface area contributed by atoms with Crippen LogP contribution in [0.1, 0.15) is 45.4 Å². The van der Waals surface area contributed by atoms with Crippen molar-refractivity contribution in [1.82, 2.24) is 15.1 Å². The van der Waals surface area contributed by atoms with Crippen molar-refractivity contribution in [2.24, 2.45) is 0 Å². The summed E-state index contributed by atoms with van der Waals surface area (Å²) in [4.78, 5) is 5.05. The van der Waals surface area contributed by atoms with Crippen LogP contribution in [0.25, 0.3) is 0 Å². The number of nitrogens with one attached hydrogen (secondary N) is 1. The van der Waals surface area contributed by atoms with Crippen LogP contribution in [0.2, 0.25) is 0 Å². The van der Waals surface area contributed by atoms with E-state index < -0.39 is 0 Å². The Morgan fingerprint density at radius 3 is 2.33 bits per heavy atom. The lowest BCUT2D eigenvalue weighted by Gasteiger charge is -2.48. The Balaban J connectivity index is 1.69. The molecule has 0 atom stereocenters. The van der Waals surface area contributed by atoms with Gasteiger partial charge in [-0.15, -0.1) is 0 Å². The van der Waals surface area contributed by atoms with Crippen molar-refractivity contribution < 1.29 is 0 Å². The SMILES string of the molecule is CCCN1CCC(NCC2(N(C)C)CCC2)CC1. The zero-order valence-electron chi connectivity index (χ0n) is 12.5. The van der Waals surface area contributed by atoms with Crippen molar-refractivity contribution in [3.8, 4) is 0 Å². The van der Waals surface area contributed by atoms with E-state index in [-0.39, 0.29) is 0 Å². The monoisotopic (exact) mass is 253 g/mol. The molecule has 0 aromatic carbocycles. The number of likely N-dealkylation sites (tertiary alicyclic amines) is 1. The Labute approximate surface area is 113 Å². The van der Waals surface area contributed by atoms with Gasteiger partial charge in [0.1, 0.15) is 0 Å². The predicted octanol–water partition coefficient (Wildman–Crippen LogP) is 1.93. The summed E-state index contributed by atoms with van der Waals surface area (Å²) >= 11 is 0. The van der Waals surface area contributed by atoms with Crippen LogP contribution in [0.4, 0.5) is 0 Å². The van der Waals surface area contributed by atoms with Crippen LogP contribution < -0.4 is 5.32 Å². The van der Waals surface area contributed by atoms with Crippen molar-refractivity contribution in [3.63, 3.8) is 0 Å². The molecule has 0 unspecified atom stereocenters. The van der Waals surface area contributed by atoms with Crippen molar-refractivity contribution >= 4 is 0 Å². The standard InChI is InChI=1S/C15H31N3/c1-4-10-18-11-6-14(7-12-18)16-13-15(17(2)3)8-5-9-15/h14,16H,4-13H2,1-3H3. The maximum atomic E-state index is 3.84. The quantitative estimate of drug-likeness (QED) is 0.780. The van der Waals surface area contributed by atoms with Crippen LogP contribution in [0, 0.1) is 0 Å². The molecule has 18 heavy (non-hydrogen) atoms. The molecule has 2 aliphatic rings. The summed E-state index contributed by atoms with van der Waals surface area (Å²) in [6.07, 6.45) is 8.13. The Morgan fingerprint density at radius 1 is 1.22 bits per heavy atom. The minimum Gasteiger partial charge on any atom is -0.312 e. The van der Waals surface area contributed by atoms with Crippen molar-refractivity contribution in [2.75, 3.05) is 40.3 Å². The number of piperidine rings is 1. The lowest BCUT2D eigenvalue weighted by molar-refractivity contribution is 0.0535. The molecule has 2 fully saturated rings. The molecule has 0 aromatic heterocycles. The van der Waals surface area contributed by atoms with Gasteiger partial charge in [-0.25, -0.2) is 0 Å². The third-order valence-corrected chi connectivity index (χ3v) is 5.08. The second kappa shape index (κ2) is 6.36. The zero-order chi connectivity index (χ0) is 13.0. The van der Waals surface area contributed by atoms with Crippen molar-refractivity contribution in [2.45, 2.75) is 57.0 Å². The van der Waals surface area contributed by atoms with Gasteiger partial charge in [0.25, 0.3) is 0 Å². The highest BCUT2D eigenvalue weighted by Crippen LogP contribution is 2.35. The molecule has 1 heterocycles. The van der Waals surface area contributed by atoms with Crippen LogP contribution in [0.15, 0.2) is 0 Å². The molecular formula is C15H31N3. The maximum absolute atomic E-state index is 3.84.